The average molecular weight is 320 g/mol. The molecule has 6 heteroatoms. The lowest BCUT2D eigenvalue weighted by Crippen LogP contribution is -1.94. The highest BCUT2D eigenvalue weighted by Crippen LogP contribution is 2.22. The first-order valence-corrected chi connectivity index (χ1v) is 7.38. The molecule has 0 amide bonds. The molecule has 0 saturated carbocycles. The number of benzene rings is 1. The Morgan fingerprint density at radius 2 is 1.79 bits per heavy atom. The van der Waals surface area contributed by atoms with E-state index in [1.165, 1.54) is 12.1 Å². The highest BCUT2D eigenvalue weighted by molar-refractivity contribution is 5.63. The molecule has 118 valence electrons. The molecule has 0 spiro atoms. The highest BCUT2D eigenvalue weighted by atomic mass is 19.1. The summed E-state index contributed by atoms with van der Waals surface area (Å²) in [6.07, 6.45) is 7.17. The third-order valence-electron chi connectivity index (χ3n) is 3.66. The van der Waals surface area contributed by atoms with Gasteiger partial charge in [-0.25, -0.2) is 19.3 Å². The van der Waals surface area contributed by atoms with E-state index >= 15 is 0 Å². The maximum atomic E-state index is 13.2. The van der Waals surface area contributed by atoms with Crippen LogP contribution >= 0.6 is 0 Å². The van der Waals surface area contributed by atoms with Crippen molar-refractivity contribution in [3.8, 4) is 22.9 Å². The van der Waals surface area contributed by atoms with Crippen molar-refractivity contribution in [1.29, 1.82) is 0 Å². The van der Waals surface area contributed by atoms with Crippen LogP contribution in [0.1, 0.15) is 5.69 Å². The normalized spacial score (nSPS) is 10.9. The maximum Gasteiger partial charge on any atom is 0.321 e. The SMILES string of the molecule is Cc1cnc2ccc(-c3cnc(Oc4cccc(F)c4)nc3)cn12. The number of aromatic nitrogens is 4. The van der Waals surface area contributed by atoms with Gasteiger partial charge in [0.05, 0.1) is 0 Å². The van der Waals surface area contributed by atoms with Crippen LogP contribution in [0.15, 0.2) is 61.2 Å². The van der Waals surface area contributed by atoms with E-state index in [9.17, 15) is 4.39 Å². The first kappa shape index (κ1) is 14.3. The van der Waals surface area contributed by atoms with Gasteiger partial charge in [-0.2, -0.15) is 0 Å². The number of imidazole rings is 1. The maximum absolute atomic E-state index is 13.2. The molecule has 4 aromatic rings. The molecular weight excluding hydrogens is 307 g/mol. The standard InChI is InChI=1S/C18H13FN4O/c1-12-8-20-17-6-5-13(11-23(12)17)14-9-21-18(22-10-14)24-16-4-2-3-15(19)7-16/h2-11H,1H3. The summed E-state index contributed by atoms with van der Waals surface area (Å²) in [6, 6.07) is 9.94. The van der Waals surface area contributed by atoms with E-state index in [0.29, 0.717) is 5.75 Å². The largest absolute Gasteiger partial charge is 0.424 e. The van der Waals surface area contributed by atoms with Gasteiger partial charge in [0.25, 0.3) is 0 Å². The third kappa shape index (κ3) is 2.69. The number of hydrogen-bond acceptors (Lipinski definition) is 4. The van der Waals surface area contributed by atoms with E-state index in [2.05, 4.69) is 15.0 Å². The van der Waals surface area contributed by atoms with Crippen LogP contribution in [0.3, 0.4) is 0 Å². The molecule has 24 heavy (non-hydrogen) atoms. The molecule has 0 atom stereocenters. The van der Waals surface area contributed by atoms with Gasteiger partial charge >= 0.3 is 6.01 Å². The number of ether oxygens (including phenoxy) is 1. The lowest BCUT2D eigenvalue weighted by Gasteiger charge is -2.06. The van der Waals surface area contributed by atoms with Crippen LogP contribution in [0.2, 0.25) is 0 Å². The Morgan fingerprint density at radius 3 is 2.58 bits per heavy atom. The van der Waals surface area contributed by atoms with Gasteiger partial charge in [-0.3, -0.25) is 0 Å². The quantitative estimate of drug-likeness (QED) is 0.572. The number of aryl methyl sites for hydroxylation is 1. The van der Waals surface area contributed by atoms with E-state index in [-0.39, 0.29) is 11.8 Å². The molecular formula is C18H13FN4O. The van der Waals surface area contributed by atoms with Crippen molar-refractivity contribution in [2.24, 2.45) is 0 Å². The summed E-state index contributed by atoms with van der Waals surface area (Å²) >= 11 is 0. The molecule has 1 aromatic carbocycles. The van der Waals surface area contributed by atoms with Crippen molar-refractivity contribution in [2.45, 2.75) is 6.92 Å². The first-order chi connectivity index (χ1) is 11.7. The molecule has 5 nitrogen and oxygen atoms in total. The van der Waals surface area contributed by atoms with Crippen LogP contribution < -0.4 is 4.74 Å². The summed E-state index contributed by atoms with van der Waals surface area (Å²) in [5.74, 6) is -0.00802. The highest BCUT2D eigenvalue weighted by Gasteiger charge is 2.06. The van der Waals surface area contributed by atoms with Crippen LogP contribution in [0.5, 0.6) is 11.8 Å². The molecule has 0 aliphatic rings. The number of pyridine rings is 1. The molecule has 0 unspecified atom stereocenters. The summed E-state index contributed by atoms with van der Waals surface area (Å²) in [7, 11) is 0. The minimum atomic E-state index is -0.367. The molecule has 4 rings (SSSR count). The zero-order valence-electron chi connectivity index (χ0n) is 12.8. The van der Waals surface area contributed by atoms with E-state index in [0.717, 1.165) is 22.5 Å². The average Bonchev–Trinajstić information content (AvgIpc) is 2.96. The molecule has 3 aromatic heterocycles. The second kappa shape index (κ2) is 5.73. The van der Waals surface area contributed by atoms with Gasteiger partial charge in [0.2, 0.25) is 0 Å². The van der Waals surface area contributed by atoms with Gasteiger partial charge < -0.3 is 9.14 Å². The first-order valence-electron chi connectivity index (χ1n) is 7.38. The van der Waals surface area contributed by atoms with E-state index in [1.54, 1.807) is 24.5 Å². The van der Waals surface area contributed by atoms with Crippen LogP contribution in [0, 0.1) is 12.7 Å². The van der Waals surface area contributed by atoms with Crippen molar-refractivity contribution in [3.63, 3.8) is 0 Å². The van der Waals surface area contributed by atoms with E-state index < -0.39 is 0 Å². The molecule has 0 saturated heterocycles. The molecule has 0 N–H and O–H groups in total. The summed E-state index contributed by atoms with van der Waals surface area (Å²) in [5.41, 5.74) is 3.78. The summed E-state index contributed by atoms with van der Waals surface area (Å²) < 4.78 is 20.6. The number of fused-ring (bicyclic) bond motifs is 1. The second-order valence-electron chi connectivity index (χ2n) is 5.36. The Bertz CT molecular complexity index is 1010. The predicted molar refractivity (Wildman–Crippen MR) is 87.4 cm³/mol. The lowest BCUT2D eigenvalue weighted by molar-refractivity contribution is 0.438. The fraction of sp³-hybridized carbons (Fsp3) is 0.0556. The molecule has 0 radical (unpaired) electrons. The Labute approximate surface area is 137 Å². The number of rotatable bonds is 3. The zero-order valence-corrected chi connectivity index (χ0v) is 12.8. The molecule has 3 heterocycles. The van der Waals surface area contributed by atoms with Crippen molar-refractivity contribution >= 4 is 5.65 Å². The number of halogens is 1. The van der Waals surface area contributed by atoms with Crippen molar-refractivity contribution in [1.82, 2.24) is 19.4 Å². The molecule has 0 bridgehead atoms. The van der Waals surface area contributed by atoms with Crippen LogP contribution in [-0.2, 0) is 0 Å². The summed E-state index contributed by atoms with van der Waals surface area (Å²) in [6.45, 7) is 2.00. The fourth-order valence-electron chi connectivity index (χ4n) is 2.43. The minimum Gasteiger partial charge on any atom is -0.424 e. The predicted octanol–water partition coefficient (Wildman–Crippen LogP) is 4.03. The monoisotopic (exact) mass is 320 g/mol. The number of nitrogens with zero attached hydrogens (tertiary/aromatic N) is 4. The van der Waals surface area contributed by atoms with Crippen LogP contribution in [-0.4, -0.2) is 19.4 Å². The Kier molecular flexibility index (Phi) is 3.42. The fourth-order valence-corrected chi connectivity index (χ4v) is 2.43. The van der Waals surface area contributed by atoms with Gasteiger partial charge in [0.1, 0.15) is 17.2 Å². The van der Waals surface area contributed by atoms with Gasteiger partial charge in [-0.05, 0) is 31.2 Å². The molecule has 0 aliphatic heterocycles. The van der Waals surface area contributed by atoms with Gasteiger partial charge in [0, 0.05) is 47.7 Å². The van der Waals surface area contributed by atoms with Crippen LogP contribution in [0.25, 0.3) is 16.8 Å². The Balaban J connectivity index is 1.61. The van der Waals surface area contributed by atoms with E-state index in [4.69, 9.17) is 4.74 Å². The third-order valence-corrected chi connectivity index (χ3v) is 3.66. The van der Waals surface area contributed by atoms with E-state index in [1.807, 2.05) is 35.9 Å². The zero-order chi connectivity index (χ0) is 16.5. The van der Waals surface area contributed by atoms with Gasteiger partial charge in [0.15, 0.2) is 0 Å². The Hall–Kier alpha value is -3.28. The summed E-state index contributed by atoms with van der Waals surface area (Å²) in [4.78, 5) is 12.7. The van der Waals surface area contributed by atoms with Crippen molar-refractivity contribution < 1.29 is 9.13 Å². The molecule has 0 fully saturated rings. The van der Waals surface area contributed by atoms with Crippen molar-refractivity contribution in [3.05, 3.63) is 72.7 Å². The molecule has 0 aliphatic carbocycles. The minimum absolute atomic E-state index is 0.171. The van der Waals surface area contributed by atoms with Gasteiger partial charge in [-0.1, -0.05) is 6.07 Å². The second-order valence-corrected chi connectivity index (χ2v) is 5.36. The van der Waals surface area contributed by atoms with Crippen LogP contribution in [0.4, 0.5) is 4.39 Å². The lowest BCUT2D eigenvalue weighted by atomic mass is 10.1. The summed E-state index contributed by atoms with van der Waals surface area (Å²) in [5, 5.41) is 0. The van der Waals surface area contributed by atoms with Gasteiger partial charge in [-0.15, -0.1) is 0 Å². The topological polar surface area (TPSA) is 52.3 Å². The Morgan fingerprint density at radius 1 is 0.958 bits per heavy atom. The number of hydrogen-bond donors (Lipinski definition) is 0. The van der Waals surface area contributed by atoms with Crippen molar-refractivity contribution in [2.75, 3.05) is 0 Å². The smallest absolute Gasteiger partial charge is 0.321 e.